The number of likely N-dealkylation sites (N-methyl/N-ethyl adjacent to an activating group) is 1. The van der Waals surface area contributed by atoms with Gasteiger partial charge in [0.15, 0.2) is 6.10 Å². The molecule has 0 aromatic heterocycles. The average molecular weight is 939 g/mol. The predicted octanol–water partition coefficient (Wildman–Crippen LogP) is 15.2. The number of unbranched alkanes of at least 4 members (excludes halogenated alkanes) is 10. The Hall–Kier alpha value is -3.59. The molecule has 0 rings (SSSR count). The Morgan fingerprint density at radius 3 is 1.21 bits per heavy atom. The third-order valence-corrected chi connectivity index (χ3v) is 11.0. The fourth-order valence-corrected chi connectivity index (χ4v) is 6.87. The quantitative estimate of drug-likeness (QED) is 0.0212. The van der Waals surface area contributed by atoms with Crippen molar-refractivity contribution in [2.75, 3.05) is 47.5 Å². The summed E-state index contributed by atoms with van der Waals surface area (Å²) >= 11 is 0. The maximum atomic E-state index is 12.8. The number of phosphoric acid groups is 1. The van der Waals surface area contributed by atoms with E-state index >= 15 is 0 Å². The lowest BCUT2D eigenvalue weighted by atomic mass is 10.1. The van der Waals surface area contributed by atoms with Crippen LogP contribution in [0.5, 0.6) is 0 Å². The number of phosphoric ester groups is 1. The number of hydrogen-bond acceptors (Lipinski definition) is 7. The maximum Gasteiger partial charge on any atom is 0.472 e. The first-order valence-electron chi connectivity index (χ1n) is 25.3. The highest BCUT2D eigenvalue weighted by Crippen LogP contribution is 2.43. The van der Waals surface area contributed by atoms with E-state index in [9.17, 15) is 19.0 Å². The Kier molecular flexibility index (Phi) is 44.0. The molecule has 0 saturated heterocycles. The van der Waals surface area contributed by atoms with E-state index < -0.39 is 32.5 Å². The highest BCUT2D eigenvalue weighted by molar-refractivity contribution is 7.47. The van der Waals surface area contributed by atoms with Gasteiger partial charge in [0, 0.05) is 12.8 Å². The number of esters is 2. The Morgan fingerprint density at radius 1 is 0.470 bits per heavy atom. The van der Waals surface area contributed by atoms with Crippen LogP contribution in [0.1, 0.15) is 168 Å². The number of nitrogens with zero attached hydrogens (tertiary/aromatic N) is 1. The lowest BCUT2D eigenvalue weighted by Gasteiger charge is -2.24. The van der Waals surface area contributed by atoms with Crippen molar-refractivity contribution in [1.29, 1.82) is 0 Å². The van der Waals surface area contributed by atoms with E-state index in [0.717, 1.165) is 128 Å². The van der Waals surface area contributed by atoms with Crippen molar-refractivity contribution in [3.8, 4) is 0 Å². The van der Waals surface area contributed by atoms with Gasteiger partial charge >= 0.3 is 19.8 Å². The summed E-state index contributed by atoms with van der Waals surface area (Å²) in [6.07, 6.45) is 65.3. The Balaban J connectivity index is 4.36. The highest BCUT2D eigenvalue weighted by Gasteiger charge is 2.27. The maximum absolute atomic E-state index is 12.8. The Labute approximate surface area is 403 Å². The second kappa shape index (κ2) is 46.5. The third-order valence-electron chi connectivity index (χ3n) is 9.99. The molecule has 0 aliphatic carbocycles. The van der Waals surface area contributed by atoms with Gasteiger partial charge < -0.3 is 18.9 Å². The minimum Gasteiger partial charge on any atom is -0.462 e. The summed E-state index contributed by atoms with van der Waals surface area (Å²) in [7, 11) is 1.43. The Bertz CT molecular complexity index is 1530. The van der Waals surface area contributed by atoms with Gasteiger partial charge in [0.2, 0.25) is 0 Å². The molecule has 1 N–H and O–H groups in total. The topological polar surface area (TPSA) is 108 Å². The Morgan fingerprint density at radius 2 is 0.818 bits per heavy atom. The number of ether oxygens (including phenoxy) is 2. The molecule has 66 heavy (non-hydrogen) atoms. The third kappa shape index (κ3) is 49.8. The van der Waals surface area contributed by atoms with Gasteiger partial charge in [-0.05, 0) is 103 Å². The van der Waals surface area contributed by atoms with Crippen molar-refractivity contribution in [3.63, 3.8) is 0 Å². The van der Waals surface area contributed by atoms with Crippen LogP contribution in [0.15, 0.2) is 122 Å². The fraction of sp³-hybridized carbons (Fsp3) is 0.607. The van der Waals surface area contributed by atoms with Gasteiger partial charge in [0.1, 0.15) is 19.8 Å². The van der Waals surface area contributed by atoms with E-state index in [1.807, 2.05) is 21.1 Å². The largest absolute Gasteiger partial charge is 0.472 e. The molecule has 0 aromatic rings. The number of carbonyl (C=O) groups excluding carboxylic acids is 2. The van der Waals surface area contributed by atoms with Gasteiger partial charge in [-0.25, -0.2) is 4.57 Å². The molecule has 0 amide bonds. The summed E-state index contributed by atoms with van der Waals surface area (Å²) < 4.78 is 34.4. The van der Waals surface area contributed by atoms with Gasteiger partial charge in [-0.15, -0.1) is 0 Å². The van der Waals surface area contributed by atoms with E-state index in [-0.39, 0.29) is 26.1 Å². The zero-order valence-corrected chi connectivity index (χ0v) is 43.0. The molecule has 0 aliphatic rings. The smallest absolute Gasteiger partial charge is 0.462 e. The van der Waals surface area contributed by atoms with Crippen molar-refractivity contribution >= 4 is 19.8 Å². The first-order chi connectivity index (χ1) is 32.0. The van der Waals surface area contributed by atoms with E-state index in [2.05, 4.69) is 135 Å². The van der Waals surface area contributed by atoms with Gasteiger partial charge in [0.25, 0.3) is 0 Å². The molecule has 374 valence electrons. The lowest BCUT2D eigenvalue weighted by molar-refractivity contribution is -0.870. The zero-order chi connectivity index (χ0) is 48.5. The zero-order valence-electron chi connectivity index (χ0n) is 42.1. The van der Waals surface area contributed by atoms with Gasteiger partial charge in [0.05, 0.1) is 27.7 Å². The van der Waals surface area contributed by atoms with Crippen molar-refractivity contribution in [2.45, 2.75) is 174 Å². The molecule has 2 unspecified atom stereocenters. The summed E-state index contributed by atoms with van der Waals surface area (Å²) in [5.74, 6) is -0.855. The highest BCUT2D eigenvalue weighted by atomic mass is 31.2. The van der Waals surface area contributed by atoms with Crippen LogP contribution in [0.4, 0.5) is 0 Å². The average Bonchev–Trinajstić information content (AvgIpc) is 3.27. The SMILES string of the molecule is CC/C=C\C/C=C\C/C=C\C/C=C\C/C=C\C/C=C\CCCCCCCCC(=O)OC(COC(=O)CCCCCC/C=C\C/C=C\C/C=C\C/C=C\CC)COP(=O)(O)OCC[N+](C)(C)C. The van der Waals surface area contributed by atoms with Crippen LogP contribution >= 0.6 is 7.82 Å². The van der Waals surface area contributed by atoms with Crippen LogP contribution in [0.3, 0.4) is 0 Å². The van der Waals surface area contributed by atoms with Crippen LogP contribution in [0, 0.1) is 0 Å². The summed E-state index contributed by atoms with van der Waals surface area (Å²) in [6, 6.07) is 0. The number of hydrogen-bond donors (Lipinski definition) is 1. The molecule has 0 saturated carbocycles. The molecule has 0 bridgehead atoms. The number of allylic oxidation sites excluding steroid dienone is 20. The summed E-state index contributed by atoms with van der Waals surface area (Å²) in [6.45, 7) is 4.12. The van der Waals surface area contributed by atoms with Gasteiger partial charge in [-0.2, -0.15) is 0 Å². The van der Waals surface area contributed by atoms with E-state index in [1.165, 1.54) is 0 Å². The number of carbonyl (C=O) groups is 2. The molecule has 2 atom stereocenters. The van der Waals surface area contributed by atoms with Crippen molar-refractivity contribution in [3.05, 3.63) is 122 Å². The second-order valence-corrected chi connectivity index (χ2v) is 18.9. The first kappa shape index (κ1) is 62.4. The monoisotopic (exact) mass is 939 g/mol. The molecule has 10 heteroatoms. The molecule has 9 nitrogen and oxygen atoms in total. The second-order valence-electron chi connectivity index (χ2n) is 17.4. The summed E-state index contributed by atoms with van der Waals surface area (Å²) in [5, 5.41) is 0. The first-order valence-corrected chi connectivity index (χ1v) is 26.8. The number of rotatable bonds is 44. The summed E-state index contributed by atoms with van der Waals surface area (Å²) in [4.78, 5) is 35.5. The molecule has 0 fully saturated rings. The molecule has 0 aromatic carbocycles. The standard InChI is InChI=1S/C56H92NO8P/c1-6-8-10-12-14-16-18-20-22-24-25-26-27-28-29-30-31-33-35-37-39-41-43-45-47-49-56(59)65-54(53-64-66(60,61)63-51-50-57(3,4)5)52-62-55(58)48-46-44-42-40-38-36-34-32-23-21-19-17-15-13-11-9-7-2/h8-11,14-17,20-23,25-26,28-29,31,33-34,36,54H,6-7,12-13,18-19,24,27,30,32,35,37-53H2,1-5H3/p+1/b10-8-,11-9-,16-14-,17-15-,22-20-,23-21-,26-25-,29-28-,33-31-,36-34-. The van der Waals surface area contributed by atoms with Crippen LogP contribution < -0.4 is 0 Å². The van der Waals surface area contributed by atoms with Crippen molar-refractivity contribution in [1.82, 2.24) is 0 Å². The summed E-state index contributed by atoms with van der Waals surface area (Å²) in [5.41, 5.74) is 0. The fourth-order valence-electron chi connectivity index (χ4n) is 6.12. The van der Waals surface area contributed by atoms with Crippen LogP contribution in [0.2, 0.25) is 0 Å². The van der Waals surface area contributed by atoms with E-state index in [0.29, 0.717) is 23.9 Å². The molecule has 0 radical (unpaired) electrons. The normalized spacial score (nSPS) is 14.5. The molecule has 0 heterocycles. The molecular formula is C56H93NO8P+. The van der Waals surface area contributed by atoms with Crippen LogP contribution in [0.25, 0.3) is 0 Å². The van der Waals surface area contributed by atoms with Crippen LogP contribution in [-0.4, -0.2) is 74.9 Å². The van der Waals surface area contributed by atoms with Crippen LogP contribution in [-0.2, 0) is 32.7 Å². The van der Waals surface area contributed by atoms with E-state index in [4.69, 9.17) is 18.5 Å². The minimum atomic E-state index is -4.40. The predicted molar refractivity (Wildman–Crippen MR) is 279 cm³/mol. The number of quaternary nitrogens is 1. The van der Waals surface area contributed by atoms with Gasteiger partial charge in [-0.3, -0.25) is 18.6 Å². The molecule has 0 aliphatic heterocycles. The molecule has 0 spiro atoms. The lowest BCUT2D eigenvalue weighted by Crippen LogP contribution is -2.37. The van der Waals surface area contributed by atoms with E-state index in [1.54, 1.807) is 0 Å². The minimum absolute atomic E-state index is 0.0165. The molecular weight excluding hydrogens is 846 g/mol. The van der Waals surface area contributed by atoms with Crippen molar-refractivity contribution in [2.24, 2.45) is 0 Å². The van der Waals surface area contributed by atoms with Gasteiger partial charge in [-0.1, -0.05) is 174 Å². The van der Waals surface area contributed by atoms with Crippen molar-refractivity contribution < 1.29 is 42.1 Å².